The van der Waals surface area contributed by atoms with Crippen molar-refractivity contribution in [3.05, 3.63) is 29.6 Å². The van der Waals surface area contributed by atoms with Crippen LogP contribution in [0.1, 0.15) is 31.0 Å². The molecule has 1 aromatic heterocycles. The monoisotopic (exact) mass is 262 g/mol. The van der Waals surface area contributed by atoms with Gasteiger partial charge in [-0.25, -0.2) is 0 Å². The van der Waals surface area contributed by atoms with Crippen molar-refractivity contribution in [3.63, 3.8) is 0 Å². The van der Waals surface area contributed by atoms with Gasteiger partial charge in [0.2, 0.25) is 0 Å². The van der Waals surface area contributed by atoms with Crippen molar-refractivity contribution in [2.24, 2.45) is 5.73 Å². The van der Waals surface area contributed by atoms with Gasteiger partial charge in [-0.15, -0.1) is 0 Å². The molecule has 1 aliphatic rings. The quantitative estimate of drug-likeness (QED) is 0.634. The zero-order valence-electron chi connectivity index (χ0n) is 11.6. The van der Waals surface area contributed by atoms with Crippen LogP contribution < -0.4 is 5.73 Å². The summed E-state index contributed by atoms with van der Waals surface area (Å²) in [6.45, 7) is 5.02. The number of amidine groups is 1. The second-order valence-electron chi connectivity index (χ2n) is 5.43. The third-order valence-electron chi connectivity index (χ3n) is 3.74. The molecule has 104 valence electrons. The number of aromatic nitrogens is 1. The summed E-state index contributed by atoms with van der Waals surface area (Å²) in [4.78, 5) is 6.47. The number of pyridine rings is 1. The van der Waals surface area contributed by atoms with Crippen molar-refractivity contribution < 1.29 is 4.74 Å². The van der Waals surface area contributed by atoms with Crippen LogP contribution in [0.15, 0.2) is 18.3 Å². The van der Waals surface area contributed by atoms with Crippen molar-refractivity contribution >= 4 is 5.84 Å². The molecular weight excluding hydrogens is 240 g/mol. The average molecular weight is 262 g/mol. The third-order valence-corrected chi connectivity index (χ3v) is 3.74. The summed E-state index contributed by atoms with van der Waals surface area (Å²) in [5.41, 5.74) is 7.11. The first-order valence-corrected chi connectivity index (χ1v) is 6.59. The van der Waals surface area contributed by atoms with E-state index in [1.54, 1.807) is 13.3 Å². The molecule has 2 rings (SSSR count). The van der Waals surface area contributed by atoms with E-state index in [0.29, 0.717) is 5.69 Å². The fourth-order valence-electron chi connectivity index (χ4n) is 2.59. The Morgan fingerprint density at radius 1 is 1.63 bits per heavy atom. The van der Waals surface area contributed by atoms with E-state index >= 15 is 0 Å². The lowest BCUT2D eigenvalue weighted by molar-refractivity contribution is -0.0527. The molecule has 0 radical (unpaired) electrons. The van der Waals surface area contributed by atoms with Gasteiger partial charge in [0.15, 0.2) is 0 Å². The number of piperidine rings is 1. The second kappa shape index (κ2) is 5.67. The van der Waals surface area contributed by atoms with Crippen molar-refractivity contribution in [1.82, 2.24) is 9.88 Å². The Morgan fingerprint density at radius 2 is 2.42 bits per heavy atom. The maximum absolute atomic E-state index is 7.43. The van der Waals surface area contributed by atoms with E-state index in [0.717, 1.165) is 38.0 Å². The van der Waals surface area contributed by atoms with E-state index in [4.69, 9.17) is 15.9 Å². The fourth-order valence-corrected chi connectivity index (χ4v) is 2.59. The molecule has 0 bridgehead atoms. The zero-order chi connectivity index (χ0) is 13.9. The predicted molar refractivity (Wildman–Crippen MR) is 75.2 cm³/mol. The van der Waals surface area contributed by atoms with Crippen LogP contribution in [0.25, 0.3) is 0 Å². The Bertz CT molecular complexity index is 463. The molecule has 0 aromatic carbocycles. The maximum atomic E-state index is 7.43. The highest BCUT2D eigenvalue weighted by Crippen LogP contribution is 2.24. The molecule has 1 aromatic rings. The molecule has 0 aliphatic carbocycles. The molecule has 19 heavy (non-hydrogen) atoms. The second-order valence-corrected chi connectivity index (χ2v) is 5.43. The van der Waals surface area contributed by atoms with Crippen LogP contribution in [0.4, 0.5) is 0 Å². The van der Waals surface area contributed by atoms with Gasteiger partial charge in [-0.1, -0.05) is 0 Å². The number of hydrogen-bond donors (Lipinski definition) is 2. The number of rotatable bonds is 4. The third kappa shape index (κ3) is 3.52. The van der Waals surface area contributed by atoms with Crippen LogP contribution in [0.5, 0.6) is 0 Å². The SMILES string of the molecule is COC1(C)CCCN(Cc2ccnc(C(=N)N)c2)C1. The van der Waals surface area contributed by atoms with Crippen LogP contribution in [0.2, 0.25) is 0 Å². The summed E-state index contributed by atoms with van der Waals surface area (Å²) < 4.78 is 5.60. The highest BCUT2D eigenvalue weighted by molar-refractivity contribution is 5.93. The average Bonchev–Trinajstić information content (AvgIpc) is 2.39. The van der Waals surface area contributed by atoms with Gasteiger partial charge in [0.25, 0.3) is 0 Å². The molecule has 5 heteroatoms. The van der Waals surface area contributed by atoms with E-state index in [1.807, 2.05) is 12.1 Å². The molecule has 1 aliphatic heterocycles. The zero-order valence-corrected chi connectivity index (χ0v) is 11.6. The van der Waals surface area contributed by atoms with Crippen LogP contribution in [0.3, 0.4) is 0 Å². The van der Waals surface area contributed by atoms with Gasteiger partial charge >= 0.3 is 0 Å². The van der Waals surface area contributed by atoms with Gasteiger partial charge in [0.05, 0.1) is 5.60 Å². The summed E-state index contributed by atoms with van der Waals surface area (Å²) in [5.74, 6) is 0.0159. The summed E-state index contributed by atoms with van der Waals surface area (Å²) in [6.07, 6.45) is 3.97. The van der Waals surface area contributed by atoms with Crippen LogP contribution in [-0.2, 0) is 11.3 Å². The van der Waals surface area contributed by atoms with E-state index in [1.165, 1.54) is 0 Å². The normalized spacial score (nSPS) is 24.3. The first-order chi connectivity index (χ1) is 9.02. The maximum Gasteiger partial charge on any atom is 0.141 e. The first-order valence-electron chi connectivity index (χ1n) is 6.59. The van der Waals surface area contributed by atoms with Crippen LogP contribution in [0, 0.1) is 5.41 Å². The lowest BCUT2D eigenvalue weighted by atomic mass is 9.94. The molecule has 0 spiro atoms. The number of hydrogen-bond acceptors (Lipinski definition) is 4. The summed E-state index contributed by atoms with van der Waals surface area (Å²) in [5, 5.41) is 7.43. The van der Waals surface area contributed by atoms with Crippen LogP contribution in [-0.4, -0.2) is 41.5 Å². The Hall–Kier alpha value is -1.46. The van der Waals surface area contributed by atoms with E-state index in [9.17, 15) is 0 Å². The molecule has 3 N–H and O–H groups in total. The van der Waals surface area contributed by atoms with Crippen molar-refractivity contribution in [1.29, 1.82) is 5.41 Å². The molecule has 5 nitrogen and oxygen atoms in total. The smallest absolute Gasteiger partial charge is 0.141 e. The molecule has 2 heterocycles. The van der Waals surface area contributed by atoms with Gasteiger partial charge in [-0.05, 0) is 44.0 Å². The molecule has 1 unspecified atom stereocenters. The van der Waals surface area contributed by atoms with Crippen molar-refractivity contribution in [2.75, 3.05) is 20.2 Å². The van der Waals surface area contributed by atoms with Crippen LogP contribution >= 0.6 is 0 Å². The topological polar surface area (TPSA) is 75.2 Å². The highest BCUT2D eigenvalue weighted by Gasteiger charge is 2.30. The van der Waals surface area contributed by atoms with Gasteiger partial charge in [0, 0.05) is 26.4 Å². The number of nitrogen functional groups attached to an aromatic ring is 1. The number of methoxy groups -OCH3 is 1. The minimum Gasteiger partial charge on any atom is -0.382 e. The van der Waals surface area contributed by atoms with E-state index < -0.39 is 0 Å². The minimum absolute atomic E-state index is 0.0159. The number of nitrogens with zero attached hydrogens (tertiary/aromatic N) is 2. The van der Waals surface area contributed by atoms with E-state index in [2.05, 4.69) is 16.8 Å². The van der Waals surface area contributed by atoms with Gasteiger partial charge < -0.3 is 10.5 Å². The Morgan fingerprint density at radius 3 is 3.11 bits per heavy atom. The lowest BCUT2D eigenvalue weighted by Gasteiger charge is -2.39. The summed E-state index contributed by atoms with van der Waals surface area (Å²) in [6, 6.07) is 3.87. The summed E-state index contributed by atoms with van der Waals surface area (Å²) >= 11 is 0. The molecule has 1 atom stereocenters. The molecule has 1 fully saturated rings. The highest BCUT2D eigenvalue weighted by atomic mass is 16.5. The van der Waals surface area contributed by atoms with Gasteiger partial charge in [-0.2, -0.15) is 0 Å². The predicted octanol–water partition coefficient (Wildman–Crippen LogP) is 1.37. The number of nitrogens with two attached hydrogens (primary N) is 1. The van der Waals surface area contributed by atoms with Gasteiger partial charge in [0.1, 0.15) is 11.5 Å². The minimum atomic E-state index is -0.0469. The Labute approximate surface area is 114 Å². The fraction of sp³-hybridized carbons (Fsp3) is 0.571. The number of ether oxygens (including phenoxy) is 1. The molecule has 1 saturated heterocycles. The molecule has 0 amide bonds. The number of nitrogens with one attached hydrogen (secondary N) is 1. The standard InChI is InChI=1S/C14H22N4O/c1-14(19-2)5-3-7-18(10-14)9-11-4-6-17-12(8-11)13(15)16/h4,6,8H,3,5,7,9-10H2,1-2H3,(H3,15,16). The van der Waals surface area contributed by atoms with Crippen molar-refractivity contribution in [3.8, 4) is 0 Å². The molecule has 0 saturated carbocycles. The van der Waals surface area contributed by atoms with Gasteiger partial charge in [-0.3, -0.25) is 15.3 Å². The largest absolute Gasteiger partial charge is 0.382 e. The molecular formula is C14H22N4O. The van der Waals surface area contributed by atoms with E-state index in [-0.39, 0.29) is 11.4 Å². The van der Waals surface area contributed by atoms with Crippen molar-refractivity contribution in [2.45, 2.75) is 31.9 Å². The Kier molecular flexibility index (Phi) is 4.17. The lowest BCUT2D eigenvalue weighted by Crippen LogP contribution is -2.46. The number of likely N-dealkylation sites (tertiary alicyclic amines) is 1. The Balaban J connectivity index is 2.04. The summed E-state index contributed by atoms with van der Waals surface area (Å²) in [7, 11) is 1.78. The first kappa shape index (κ1) is 14.0.